The van der Waals surface area contributed by atoms with Gasteiger partial charge in [-0.2, -0.15) is 0 Å². The first-order valence-corrected chi connectivity index (χ1v) is 14.9. The third kappa shape index (κ3) is 5.36. The summed E-state index contributed by atoms with van der Waals surface area (Å²) in [6.45, 7) is 6.19. The smallest absolute Gasteiger partial charge is 0.341 e. The standard InChI is InChI=1S/C34H40N4O3/c1-4-23-17-28(34(40)41)33(39)35-32(23)24-13-14-30-26(15-24)16-27(37(30)3)20-38-19-25-11-8-12-31(29(25)21-38)36(2)18-22-9-6-5-7-10-22/h5-7,9-10,13-17,25,29,31H,4,8,11-12,18-21H2,1-3H3,(H,35,39)(H,40,41)/t25?,29-,31+/m0/s1. The molecule has 0 spiro atoms. The predicted molar refractivity (Wildman–Crippen MR) is 163 cm³/mol. The number of H-pyrrole nitrogens is 1. The first-order chi connectivity index (χ1) is 19.8. The van der Waals surface area contributed by atoms with Crippen LogP contribution in [0.4, 0.5) is 0 Å². The Bertz CT molecular complexity index is 1620. The fraction of sp³-hybridized carbons (Fsp3) is 0.412. The number of hydrogen-bond acceptors (Lipinski definition) is 4. The molecule has 0 radical (unpaired) electrons. The third-order valence-electron chi connectivity index (χ3n) is 9.53. The van der Waals surface area contributed by atoms with Gasteiger partial charge < -0.3 is 14.7 Å². The highest BCUT2D eigenvalue weighted by Crippen LogP contribution is 2.39. The molecule has 3 atom stereocenters. The number of benzene rings is 2. The van der Waals surface area contributed by atoms with Gasteiger partial charge in [-0.05, 0) is 79.1 Å². The molecule has 41 heavy (non-hydrogen) atoms. The summed E-state index contributed by atoms with van der Waals surface area (Å²) >= 11 is 0. The van der Waals surface area contributed by atoms with Crippen LogP contribution in [0, 0.1) is 11.8 Å². The Hall–Kier alpha value is -3.68. The minimum atomic E-state index is -1.20. The van der Waals surface area contributed by atoms with E-state index in [-0.39, 0.29) is 5.56 Å². The zero-order chi connectivity index (χ0) is 28.7. The lowest BCUT2D eigenvalue weighted by atomic mass is 9.77. The molecule has 0 amide bonds. The molecular weight excluding hydrogens is 512 g/mol. The van der Waals surface area contributed by atoms with Crippen LogP contribution in [0.3, 0.4) is 0 Å². The molecule has 2 aromatic carbocycles. The summed E-state index contributed by atoms with van der Waals surface area (Å²) in [5, 5.41) is 10.5. The molecule has 214 valence electrons. The number of nitrogens with zero attached hydrogens (tertiary/aromatic N) is 3. The number of carboxylic acid groups (broad SMARTS) is 1. The molecule has 2 fully saturated rings. The summed E-state index contributed by atoms with van der Waals surface area (Å²) in [5.41, 5.74) is 5.47. The van der Waals surface area contributed by atoms with Crippen molar-refractivity contribution in [2.75, 3.05) is 20.1 Å². The molecule has 1 aliphatic carbocycles. The first-order valence-electron chi connectivity index (χ1n) is 14.9. The lowest BCUT2D eigenvalue weighted by Crippen LogP contribution is -2.43. The molecule has 2 aliphatic rings. The minimum Gasteiger partial charge on any atom is -0.477 e. The quantitative estimate of drug-likeness (QED) is 0.301. The third-order valence-corrected chi connectivity index (χ3v) is 9.53. The van der Waals surface area contributed by atoms with E-state index in [2.05, 4.69) is 82.0 Å². The van der Waals surface area contributed by atoms with Gasteiger partial charge >= 0.3 is 5.97 Å². The highest BCUT2D eigenvalue weighted by Gasteiger charge is 2.41. The summed E-state index contributed by atoms with van der Waals surface area (Å²) in [7, 11) is 4.44. The Morgan fingerprint density at radius 3 is 2.63 bits per heavy atom. The monoisotopic (exact) mass is 552 g/mol. The number of aromatic amines is 1. The van der Waals surface area contributed by atoms with Crippen LogP contribution >= 0.6 is 0 Å². The second-order valence-corrected chi connectivity index (χ2v) is 12.1. The maximum Gasteiger partial charge on any atom is 0.341 e. The molecule has 1 aliphatic heterocycles. The number of fused-ring (bicyclic) bond motifs is 2. The van der Waals surface area contributed by atoms with Crippen LogP contribution in [0.5, 0.6) is 0 Å². The van der Waals surface area contributed by atoms with E-state index in [1.165, 1.54) is 36.6 Å². The van der Waals surface area contributed by atoms with Gasteiger partial charge in [-0.25, -0.2) is 4.79 Å². The number of aromatic carboxylic acids is 1. The van der Waals surface area contributed by atoms with Crippen molar-refractivity contribution in [3.05, 3.63) is 93.4 Å². The van der Waals surface area contributed by atoms with E-state index >= 15 is 0 Å². The largest absolute Gasteiger partial charge is 0.477 e. The lowest BCUT2D eigenvalue weighted by molar-refractivity contribution is 0.0695. The molecule has 7 nitrogen and oxygen atoms in total. The van der Waals surface area contributed by atoms with Crippen molar-refractivity contribution in [1.82, 2.24) is 19.4 Å². The van der Waals surface area contributed by atoms with E-state index < -0.39 is 11.5 Å². The zero-order valence-corrected chi connectivity index (χ0v) is 24.3. The Morgan fingerprint density at radius 2 is 1.88 bits per heavy atom. The van der Waals surface area contributed by atoms with Crippen LogP contribution in [0.1, 0.15) is 53.4 Å². The maximum atomic E-state index is 12.5. The van der Waals surface area contributed by atoms with Crippen molar-refractivity contribution >= 4 is 16.9 Å². The molecule has 3 heterocycles. The van der Waals surface area contributed by atoms with Crippen molar-refractivity contribution in [1.29, 1.82) is 0 Å². The second kappa shape index (κ2) is 11.3. The van der Waals surface area contributed by atoms with Crippen molar-refractivity contribution < 1.29 is 9.90 Å². The van der Waals surface area contributed by atoms with Gasteiger partial charge in [0.2, 0.25) is 0 Å². The first kappa shape index (κ1) is 27.5. The molecule has 0 bridgehead atoms. The fourth-order valence-corrected chi connectivity index (χ4v) is 7.41. The normalized spacial score (nSPS) is 21.0. The van der Waals surface area contributed by atoms with E-state index in [1.807, 2.05) is 13.0 Å². The topological polar surface area (TPSA) is 81.6 Å². The number of aromatic nitrogens is 2. The predicted octanol–water partition coefficient (Wildman–Crippen LogP) is 5.53. The van der Waals surface area contributed by atoms with E-state index in [0.29, 0.717) is 24.1 Å². The van der Waals surface area contributed by atoms with Crippen LogP contribution in [-0.4, -0.2) is 56.6 Å². The van der Waals surface area contributed by atoms with Crippen LogP contribution in [-0.2, 0) is 26.6 Å². The van der Waals surface area contributed by atoms with Gasteiger partial charge in [0.05, 0.1) is 5.69 Å². The molecule has 1 saturated carbocycles. The molecule has 6 rings (SSSR count). The zero-order valence-electron chi connectivity index (χ0n) is 24.3. The van der Waals surface area contributed by atoms with Crippen LogP contribution < -0.4 is 5.56 Å². The number of aryl methyl sites for hydroxylation is 2. The Morgan fingerprint density at radius 1 is 1.07 bits per heavy atom. The average Bonchev–Trinajstić information content (AvgIpc) is 3.52. The number of rotatable bonds is 8. The Labute approximate surface area is 241 Å². The maximum absolute atomic E-state index is 12.5. The number of likely N-dealkylation sites (tertiary alicyclic amines) is 1. The minimum absolute atomic E-state index is 0.214. The van der Waals surface area contributed by atoms with E-state index in [0.717, 1.165) is 54.1 Å². The highest BCUT2D eigenvalue weighted by atomic mass is 16.4. The van der Waals surface area contributed by atoms with Crippen molar-refractivity contribution in [3.63, 3.8) is 0 Å². The van der Waals surface area contributed by atoms with E-state index in [1.54, 1.807) is 0 Å². The number of hydrogen-bond donors (Lipinski definition) is 2. The summed E-state index contributed by atoms with van der Waals surface area (Å²) in [4.78, 5) is 32.0. The highest BCUT2D eigenvalue weighted by molar-refractivity contribution is 5.89. The molecular formula is C34H40N4O3. The van der Waals surface area contributed by atoms with Gasteiger partial charge in [0.25, 0.3) is 5.56 Å². The Balaban J connectivity index is 1.21. The van der Waals surface area contributed by atoms with Crippen LogP contribution in [0.25, 0.3) is 22.2 Å². The van der Waals surface area contributed by atoms with Crippen LogP contribution in [0.15, 0.2) is 65.5 Å². The van der Waals surface area contributed by atoms with Crippen LogP contribution in [0.2, 0.25) is 0 Å². The number of nitrogens with one attached hydrogen (secondary N) is 1. The van der Waals surface area contributed by atoms with Gasteiger partial charge in [0, 0.05) is 55.9 Å². The van der Waals surface area contributed by atoms with Gasteiger partial charge in [-0.15, -0.1) is 0 Å². The SMILES string of the molecule is CCc1cc(C(=O)O)c(=O)[nH]c1-c1ccc2c(c1)cc(CN1CC3CCC[C@@H](N(C)Cc4ccccc4)[C@H]3C1)n2C. The van der Waals surface area contributed by atoms with Gasteiger partial charge in [0.1, 0.15) is 5.56 Å². The molecule has 1 unspecified atom stereocenters. The van der Waals surface area contributed by atoms with Crippen molar-refractivity contribution in [2.45, 2.75) is 51.7 Å². The number of carboxylic acids is 1. The molecule has 1 saturated heterocycles. The van der Waals surface area contributed by atoms with Crippen molar-refractivity contribution in [2.24, 2.45) is 18.9 Å². The fourth-order valence-electron chi connectivity index (χ4n) is 7.41. The Kier molecular flexibility index (Phi) is 7.58. The summed E-state index contributed by atoms with van der Waals surface area (Å²) in [6, 6.07) is 21.5. The number of carbonyl (C=O) groups is 1. The number of pyridine rings is 1. The van der Waals surface area contributed by atoms with Crippen molar-refractivity contribution in [3.8, 4) is 11.3 Å². The summed E-state index contributed by atoms with van der Waals surface area (Å²) in [5.74, 6) is 0.259. The van der Waals surface area contributed by atoms with E-state index in [4.69, 9.17) is 0 Å². The van der Waals surface area contributed by atoms with Gasteiger partial charge in [-0.3, -0.25) is 14.6 Å². The molecule has 7 heteroatoms. The molecule has 4 aromatic rings. The lowest BCUT2D eigenvalue weighted by Gasteiger charge is -2.39. The summed E-state index contributed by atoms with van der Waals surface area (Å²) in [6.07, 6.45) is 4.55. The van der Waals surface area contributed by atoms with Gasteiger partial charge in [-0.1, -0.05) is 49.7 Å². The molecule has 2 aromatic heterocycles. The second-order valence-electron chi connectivity index (χ2n) is 12.1. The van der Waals surface area contributed by atoms with Gasteiger partial charge in [0.15, 0.2) is 0 Å². The average molecular weight is 553 g/mol. The van der Waals surface area contributed by atoms with E-state index in [9.17, 15) is 14.7 Å². The molecule has 2 N–H and O–H groups in total. The summed E-state index contributed by atoms with van der Waals surface area (Å²) < 4.78 is 2.29.